The Bertz CT molecular complexity index is 1670. The zero-order valence-corrected chi connectivity index (χ0v) is 28.2. The number of ether oxygens (including phenoxy) is 10. The zero-order chi connectivity index (χ0) is 35.3. The molecule has 4 aromatic rings. The van der Waals surface area contributed by atoms with E-state index in [1.54, 1.807) is 97.1 Å². The average molecular weight is 701 g/mol. The third-order valence-electron chi connectivity index (χ3n) is 7.53. The van der Waals surface area contributed by atoms with Crippen LogP contribution in [0.2, 0.25) is 0 Å². The number of esters is 2. The van der Waals surface area contributed by atoms with Gasteiger partial charge >= 0.3 is 11.9 Å². The van der Waals surface area contributed by atoms with E-state index in [9.17, 15) is 9.59 Å². The predicted octanol–water partition coefficient (Wildman–Crippen LogP) is 5.56. The van der Waals surface area contributed by atoms with Crippen LogP contribution in [-0.2, 0) is 18.9 Å². The Kier molecular flexibility index (Phi) is 12.7. The number of epoxide rings is 2. The molecule has 4 aromatic carbocycles. The average Bonchev–Trinajstić information content (AvgIpc) is 4.10. The third kappa shape index (κ3) is 12.3. The van der Waals surface area contributed by atoms with Crippen LogP contribution in [0.5, 0.6) is 34.5 Å². The Morgan fingerprint density at radius 1 is 0.549 bits per heavy atom. The SMILES string of the molecule is CC(COCCOc1ccc(C(=O)Oc2ccc(OCC3CO3)cc2)cc1)OCCOc1ccc(C(=O)Oc2ccc(OCC3CO3)cc2)cc1. The number of hydrogen-bond acceptors (Lipinski definition) is 12. The van der Waals surface area contributed by atoms with Crippen LogP contribution in [-0.4, -0.2) is 89.7 Å². The molecule has 2 aliphatic heterocycles. The molecule has 0 aliphatic carbocycles. The van der Waals surface area contributed by atoms with Crippen molar-refractivity contribution in [1.29, 1.82) is 0 Å². The standard InChI is InChI=1S/C39H40O12/c1-27(43-20-21-45-31-8-4-29(5-9-31)39(41)51-35-16-12-33(13-17-35)47-24-37-26-49-37)22-42-18-19-44-30-6-2-28(3-7-30)38(40)50-34-14-10-32(11-15-34)46-23-36-25-48-36/h2-17,27,36-37H,18-26H2,1H3. The molecule has 0 aromatic heterocycles. The second-order valence-corrected chi connectivity index (χ2v) is 11.8. The van der Waals surface area contributed by atoms with E-state index in [1.807, 2.05) is 6.92 Å². The van der Waals surface area contributed by atoms with Crippen LogP contribution in [0, 0.1) is 0 Å². The maximum Gasteiger partial charge on any atom is 0.343 e. The molecule has 12 nitrogen and oxygen atoms in total. The van der Waals surface area contributed by atoms with Gasteiger partial charge in [0.25, 0.3) is 0 Å². The van der Waals surface area contributed by atoms with Gasteiger partial charge in [-0.25, -0.2) is 9.59 Å². The summed E-state index contributed by atoms with van der Waals surface area (Å²) in [4.78, 5) is 25.0. The van der Waals surface area contributed by atoms with Crippen LogP contribution in [0.15, 0.2) is 97.1 Å². The van der Waals surface area contributed by atoms with Crippen LogP contribution in [0.3, 0.4) is 0 Å². The van der Waals surface area contributed by atoms with E-state index in [0.29, 0.717) is 91.9 Å². The highest BCUT2D eigenvalue weighted by Gasteiger charge is 2.23. The molecule has 0 bridgehead atoms. The van der Waals surface area contributed by atoms with Gasteiger partial charge in [0, 0.05) is 0 Å². The highest BCUT2D eigenvalue weighted by Crippen LogP contribution is 2.23. The van der Waals surface area contributed by atoms with Gasteiger partial charge in [-0.3, -0.25) is 0 Å². The number of carbonyl (C=O) groups is 2. The van der Waals surface area contributed by atoms with Crippen LogP contribution in [0.4, 0.5) is 0 Å². The quantitative estimate of drug-likeness (QED) is 0.0467. The summed E-state index contributed by atoms with van der Waals surface area (Å²) < 4.78 is 55.2. The Balaban J connectivity index is 0.790. The molecule has 0 radical (unpaired) electrons. The second kappa shape index (κ2) is 18.2. The fourth-order valence-electron chi connectivity index (χ4n) is 4.55. The lowest BCUT2D eigenvalue weighted by atomic mass is 10.2. The summed E-state index contributed by atoms with van der Waals surface area (Å²) in [7, 11) is 0. The van der Waals surface area contributed by atoms with Gasteiger partial charge in [-0.2, -0.15) is 0 Å². The van der Waals surface area contributed by atoms with E-state index < -0.39 is 11.9 Å². The molecule has 0 saturated carbocycles. The summed E-state index contributed by atoms with van der Waals surface area (Å²) in [5.41, 5.74) is 0.808. The molecule has 268 valence electrons. The van der Waals surface area contributed by atoms with Crippen molar-refractivity contribution in [2.24, 2.45) is 0 Å². The largest absolute Gasteiger partial charge is 0.491 e. The van der Waals surface area contributed by atoms with Crippen molar-refractivity contribution in [2.45, 2.75) is 25.2 Å². The lowest BCUT2D eigenvalue weighted by Gasteiger charge is -2.14. The molecule has 2 fully saturated rings. The molecule has 3 unspecified atom stereocenters. The Hall–Kier alpha value is -5.14. The van der Waals surface area contributed by atoms with E-state index in [0.717, 1.165) is 13.2 Å². The van der Waals surface area contributed by atoms with Crippen molar-refractivity contribution in [3.8, 4) is 34.5 Å². The van der Waals surface area contributed by atoms with Gasteiger partial charge in [-0.1, -0.05) is 0 Å². The maximum atomic E-state index is 12.5. The highest BCUT2D eigenvalue weighted by molar-refractivity contribution is 5.91. The number of carbonyl (C=O) groups excluding carboxylic acids is 2. The fraction of sp³-hybridized carbons (Fsp3) is 0.333. The molecule has 0 amide bonds. The van der Waals surface area contributed by atoms with E-state index >= 15 is 0 Å². The monoisotopic (exact) mass is 700 g/mol. The summed E-state index contributed by atoms with van der Waals surface area (Å²) in [6.45, 7) is 6.18. The summed E-state index contributed by atoms with van der Waals surface area (Å²) >= 11 is 0. The first kappa shape index (κ1) is 35.7. The lowest BCUT2D eigenvalue weighted by molar-refractivity contribution is -0.0208. The van der Waals surface area contributed by atoms with Crippen LogP contribution < -0.4 is 28.4 Å². The van der Waals surface area contributed by atoms with Crippen LogP contribution >= 0.6 is 0 Å². The molecule has 0 spiro atoms. The van der Waals surface area contributed by atoms with Crippen molar-refractivity contribution in [3.63, 3.8) is 0 Å². The van der Waals surface area contributed by atoms with Crippen molar-refractivity contribution in [2.75, 3.05) is 59.5 Å². The molecular weight excluding hydrogens is 660 g/mol. The minimum Gasteiger partial charge on any atom is -0.491 e. The molecule has 51 heavy (non-hydrogen) atoms. The smallest absolute Gasteiger partial charge is 0.343 e. The van der Waals surface area contributed by atoms with Gasteiger partial charge < -0.3 is 47.4 Å². The van der Waals surface area contributed by atoms with Crippen molar-refractivity contribution >= 4 is 11.9 Å². The summed E-state index contributed by atoms with van der Waals surface area (Å²) in [5.74, 6) is 2.51. The molecule has 0 N–H and O–H groups in total. The molecular formula is C39H40O12. The Morgan fingerprint density at radius 2 is 0.922 bits per heavy atom. The fourth-order valence-corrected chi connectivity index (χ4v) is 4.55. The first-order chi connectivity index (χ1) is 25.0. The Labute approximate surface area is 296 Å². The lowest BCUT2D eigenvalue weighted by Crippen LogP contribution is -2.21. The van der Waals surface area contributed by atoms with Crippen molar-refractivity contribution in [3.05, 3.63) is 108 Å². The number of rotatable bonds is 21. The zero-order valence-electron chi connectivity index (χ0n) is 28.2. The summed E-state index contributed by atoms with van der Waals surface area (Å²) in [6, 6.07) is 27.2. The van der Waals surface area contributed by atoms with E-state index in [1.165, 1.54) is 0 Å². The third-order valence-corrected chi connectivity index (χ3v) is 7.53. The van der Waals surface area contributed by atoms with E-state index in [-0.39, 0.29) is 18.3 Å². The Morgan fingerprint density at radius 3 is 1.35 bits per heavy atom. The molecule has 2 saturated heterocycles. The number of hydrogen-bond donors (Lipinski definition) is 0. The van der Waals surface area contributed by atoms with Crippen molar-refractivity contribution in [1.82, 2.24) is 0 Å². The van der Waals surface area contributed by atoms with E-state index in [4.69, 9.17) is 47.4 Å². The molecule has 2 aliphatic rings. The number of benzene rings is 4. The van der Waals surface area contributed by atoms with Crippen LogP contribution in [0.1, 0.15) is 27.6 Å². The molecule has 3 atom stereocenters. The van der Waals surface area contributed by atoms with Gasteiger partial charge in [0.1, 0.15) is 73.1 Å². The van der Waals surface area contributed by atoms with Crippen LogP contribution in [0.25, 0.3) is 0 Å². The second-order valence-electron chi connectivity index (χ2n) is 11.8. The minimum atomic E-state index is -0.468. The van der Waals surface area contributed by atoms with E-state index in [2.05, 4.69) is 0 Å². The summed E-state index contributed by atoms with van der Waals surface area (Å²) in [5, 5.41) is 0. The highest BCUT2D eigenvalue weighted by atomic mass is 16.6. The molecule has 2 heterocycles. The normalized spacial score (nSPS) is 16.4. The minimum absolute atomic E-state index is 0.148. The maximum absolute atomic E-state index is 12.5. The first-order valence-electron chi connectivity index (χ1n) is 16.8. The van der Waals surface area contributed by atoms with Gasteiger partial charge in [-0.05, 0) is 104 Å². The van der Waals surface area contributed by atoms with Gasteiger partial charge in [0.15, 0.2) is 0 Å². The predicted molar refractivity (Wildman–Crippen MR) is 183 cm³/mol. The first-order valence-corrected chi connectivity index (χ1v) is 16.8. The molecule has 6 rings (SSSR count). The van der Waals surface area contributed by atoms with Crippen molar-refractivity contribution < 1.29 is 57.0 Å². The molecule has 12 heteroatoms. The van der Waals surface area contributed by atoms with Gasteiger partial charge in [0.2, 0.25) is 0 Å². The summed E-state index contributed by atoms with van der Waals surface area (Å²) in [6.07, 6.45) is 0.202. The van der Waals surface area contributed by atoms with Gasteiger partial charge in [0.05, 0.1) is 50.3 Å². The topological polar surface area (TPSA) is 133 Å². The van der Waals surface area contributed by atoms with Gasteiger partial charge in [-0.15, -0.1) is 0 Å².